The van der Waals surface area contributed by atoms with Gasteiger partial charge in [0.1, 0.15) is 5.92 Å². The van der Waals surface area contributed by atoms with Gasteiger partial charge in [-0.2, -0.15) is 5.26 Å². The number of hydrogen-bond donors (Lipinski definition) is 2. The second-order valence-corrected chi connectivity index (χ2v) is 3.28. The van der Waals surface area contributed by atoms with E-state index in [4.69, 9.17) is 10.4 Å². The molecule has 0 aromatic rings. The maximum Gasteiger partial charge on any atom is 0.237 e. The summed E-state index contributed by atoms with van der Waals surface area (Å²) < 4.78 is 0. The molecule has 1 aliphatic rings. The van der Waals surface area contributed by atoms with Gasteiger partial charge < -0.3 is 10.4 Å². The van der Waals surface area contributed by atoms with Crippen LogP contribution >= 0.6 is 0 Å². The molecule has 0 radical (unpaired) electrons. The van der Waals surface area contributed by atoms with Gasteiger partial charge in [0.05, 0.1) is 18.2 Å². The van der Waals surface area contributed by atoms with E-state index in [0.717, 1.165) is 12.8 Å². The molecular weight excluding hydrogens is 156 g/mol. The average Bonchev–Trinajstić information content (AvgIpc) is 2.84. The number of carbonyl (C=O) groups excluding carboxylic acids is 1. The summed E-state index contributed by atoms with van der Waals surface area (Å²) in [7, 11) is 0. The Labute approximate surface area is 71.2 Å². The van der Waals surface area contributed by atoms with Gasteiger partial charge in [0.15, 0.2) is 0 Å². The van der Waals surface area contributed by atoms with Gasteiger partial charge in [0, 0.05) is 0 Å². The van der Waals surface area contributed by atoms with Crippen molar-refractivity contribution in [2.24, 2.45) is 5.92 Å². The first-order chi connectivity index (χ1) is 5.63. The van der Waals surface area contributed by atoms with Gasteiger partial charge in [-0.1, -0.05) is 0 Å². The lowest BCUT2D eigenvalue weighted by atomic mass is 10.1. The Balaban J connectivity index is 2.42. The van der Waals surface area contributed by atoms with Crippen molar-refractivity contribution in [3.05, 3.63) is 0 Å². The molecule has 1 unspecified atom stereocenters. The maximum atomic E-state index is 11.1. The SMILES string of the molecule is CC(C#N)C(=O)NC1(CO)CC1. The Hall–Kier alpha value is -1.08. The van der Waals surface area contributed by atoms with Crippen molar-refractivity contribution < 1.29 is 9.90 Å². The van der Waals surface area contributed by atoms with E-state index < -0.39 is 11.5 Å². The average molecular weight is 168 g/mol. The minimum absolute atomic E-state index is 0.0309. The Morgan fingerprint density at radius 2 is 2.42 bits per heavy atom. The van der Waals surface area contributed by atoms with Gasteiger partial charge in [-0.3, -0.25) is 4.79 Å². The van der Waals surface area contributed by atoms with E-state index in [1.165, 1.54) is 0 Å². The van der Waals surface area contributed by atoms with E-state index in [9.17, 15) is 4.79 Å². The zero-order chi connectivity index (χ0) is 9.19. The quantitative estimate of drug-likeness (QED) is 0.612. The fourth-order valence-corrected chi connectivity index (χ4v) is 0.902. The Kier molecular flexibility index (Phi) is 2.34. The van der Waals surface area contributed by atoms with Crippen molar-refractivity contribution in [3.8, 4) is 6.07 Å². The number of nitrogens with zero attached hydrogens (tertiary/aromatic N) is 1. The van der Waals surface area contributed by atoms with Crippen LogP contribution in [-0.2, 0) is 4.79 Å². The Morgan fingerprint density at radius 1 is 1.83 bits per heavy atom. The number of aliphatic hydroxyl groups is 1. The molecule has 1 amide bonds. The lowest BCUT2D eigenvalue weighted by molar-refractivity contribution is -0.124. The third-order valence-electron chi connectivity index (χ3n) is 2.13. The first-order valence-corrected chi connectivity index (χ1v) is 3.96. The molecule has 0 aromatic carbocycles. The topological polar surface area (TPSA) is 73.1 Å². The maximum absolute atomic E-state index is 11.1. The van der Waals surface area contributed by atoms with Crippen LogP contribution in [0, 0.1) is 17.2 Å². The first kappa shape index (κ1) is 9.01. The van der Waals surface area contributed by atoms with Gasteiger partial charge in [0.25, 0.3) is 0 Å². The van der Waals surface area contributed by atoms with Crippen molar-refractivity contribution in [1.29, 1.82) is 5.26 Å². The van der Waals surface area contributed by atoms with Crippen LogP contribution < -0.4 is 5.32 Å². The van der Waals surface area contributed by atoms with E-state index in [-0.39, 0.29) is 12.5 Å². The highest BCUT2D eigenvalue weighted by molar-refractivity contribution is 5.81. The number of hydrogen-bond acceptors (Lipinski definition) is 3. The van der Waals surface area contributed by atoms with E-state index in [2.05, 4.69) is 5.32 Å². The van der Waals surface area contributed by atoms with Gasteiger partial charge in [-0.25, -0.2) is 0 Å². The van der Waals surface area contributed by atoms with E-state index in [1.54, 1.807) is 6.92 Å². The van der Waals surface area contributed by atoms with Crippen LogP contribution in [0.15, 0.2) is 0 Å². The highest BCUT2D eigenvalue weighted by Crippen LogP contribution is 2.34. The molecule has 0 aliphatic heterocycles. The third kappa shape index (κ3) is 1.74. The van der Waals surface area contributed by atoms with Gasteiger partial charge in [-0.15, -0.1) is 0 Å². The number of rotatable bonds is 3. The number of carbonyl (C=O) groups is 1. The van der Waals surface area contributed by atoms with Crippen molar-refractivity contribution in [2.75, 3.05) is 6.61 Å². The van der Waals surface area contributed by atoms with Crippen molar-refractivity contribution in [3.63, 3.8) is 0 Å². The molecule has 0 aromatic heterocycles. The number of amides is 1. The molecule has 1 saturated carbocycles. The minimum atomic E-state index is -0.631. The summed E-state index contributed by atoms with van der Waals surface area (Å²) >= 11 is 0. The molecule has 0 saturated heterocycles. The van der Waals surface area contributed by atoms with Crippen LogP contribution in [0.5, 0.6) is 0 Å². The van der Waals surface area contributed by atoms with Crippen LogP contribution in [0.1, 0.15) is 19.8 Å². The fraction of sp³-hybridized carbons (Fsp3) is 0.750. The molecule has 66 valence electrons. The predicted octanol–water partition coefficient (Wildman–Crippen LogP) is -0.213. The predicted molar refractivity (Wildman–Crippen MR) is 42.0 cm³/mol. The lowest BCUT2D eigenvalue weighted by Gasteiger charge is -2.14. The van der Waals surface area contributed by atoms with Crippen LogP contribution in [0.25, 0.3) is 0 Å². The van der Waals surface area contributed by atoms with E-state index >= 15 is 0 Å². The van der Waals surface area contributed by atoms with E-state index in [0.29, 0.717) is 0 Å². The zero-order valence-electron chi connectivity index (χ0n) is 7.00. The normalized spacial score (nSPS) is 20.8. The van der Waals surface area contributed by atoms with Gasteiger partial charge >= 0.3 is 0 Å². The number of nitriles is 1. The second kappa shape index (κ2) is 3.11. The fourth-order valence-electron chi connectivity index (χ4n) is 0.902. The Bertz CT molecular complexity index is 228. The zero-order valence-corrected chi connectivity index (χ0v) is 7.00. The highest BCUT2D eigenvalue weighted by Gasteiger charge is 2.43. The molecule has 4 heteroatoms. The molecule has 0 bridgehead atoms. The van der Waals surface area contributed by atoms with Crippen molar-refractivity contribution >= 4 is 5.91 Å². The van der Waals surface area contributed by atoms with Crippen molar-refractivity contribution in [1.82, 2.24) is 5.32 Å². The standard InChI is InChI=1S/C8H12N2O2/c1-6(4-9)7(12)10-8(5-11)2-3-8/h6,11H,2-3,5H2,1H3,(H,10,12). The largest absolute Gasteiger partial charge is 0.394 e. The minimum Gasteiger partial charge on any atom is -0.394 e. The van der Waals surface area contributed by atoms with Crippen molar-refractivity contribution in [2.45, 2.75) is 25.3 Å². The summed E-state index contributed by atoms with van der Waals surface area (Å²) in [5.74, 6) is -0.918. The smallest absolute Gasteiger partial charge is 0.237 e. The Morgan fingerprint density at radius 3 is 2.75 bits per heavy atom. The molecular formula is C8H12N2O2. The van der Waals surface area contributed by atoms with Gasteiger partial charge in [-0.05, 0) is 19.8 Å². The summed E-state index contributed by atoms with van der Waals surface area (Å²) in [5, 5.41) is 19.9. The number of aliphatic hydroxyl groups excluding tert-OH is 1. The van der Waals surface area contributed by atoms with Crippen LogP contribution in [0.3, 0.4) is 0 Å². The number of nitrogens with one attached hydrogen (secondary N) is 1. The first-order valence-electron chi connectivity index (χ1n) is 3.96. The monoisotopic (exact) mass is 168 g/mol. The molecule has 1 atom stereocenters. The molecule has 0 heterocycles. The summed E-state index contributed by atoms with van der Waals surface area (Å²) in [4.78, 5) is 11.1. The molecule has 1 aliphatic carbocycles. The molecule has 2 N–H and O–H groups in total. The highest BCUT2D eigenvalue weighted by atomic mass is 16.3. The summed E-state index contributed by atoms with van der Waals surface area (Å²) in [6, 6.07) is 1.85. The third-order valence-corrected chi connectivity index (χ3v) is 2.13. The lowest BCUT2D eigenvalue weighted by Crippen LogP contribution is -2.42. The molecule has 12 heavy (non-hydrogen) atoms. The molecule has 4 nitrogen and oxygen atoms in total. The van der Waals surface area contributed by atoms with Gasteiger partial charge in [0.2, 0.25) is 5.91 Å². The molecule has 1 rings (SSSR count). The summed E-state index contributed by atoms with van der Waals surface area (Å²) in [6.07, 6.45) is 1.63. The van der Waals surface area contributed by atoms with Crippen LogP contribution in [-0.4, -0.2) is 23.2 Å². The van der Waals surface area contributed by atoms with Crippen LogP contribution in [0.2, 0.25) is 0 Å². The van der Waals surface area contributed by atoms with Crippen LogP contribution in [0.4, 0.5) is 0 Å². The summed E-state index contributed by atoms with van der Waals surface area (Å²) in [6.45, 7) is 1.51. The second-order valence-electron chi connectivity index (χ2n) is 3.28. The summed E-state index contributed by atoms with van der Waals surface area (Å²) in [5.41, 5.74) is -0.401. The van der Waals surface area contributed by atoms with E-state index in [1.807, 2.05) is 6.07 Å². The molecule has 0 spiro atoms. The molecule has 1 fully saturated rings.